The first-order valence-corrected chi connectivity index (χ1v) is 17.5. The second-order valence-electron chi connectivity index (χ2n) is 11.8. The van der Waals surface area contributed by atoms with Crippen molar-refractivity contribution in [3.63, 3.8) is 0 Å². The zero-order chi connectivity index (χ0) is 28.9. The standard InChI is InChI=1S/C30H38F3N3O3Si/c1-38-27(37)19-21-5-7-22(8-6-21)23-9-11-24(12-10-23)25-13-15-26(16-14-25)28-34-29(30(31,32)33)36(35-28)20-39-17-18-40(2,3)4/h9-16,21-22H,5-8,17-20H2,1-4H3. The fourth-order valence-electron chi connectivity index (χ4n) is 5.07. The number of nitrogens with zero attached hydrogens (tertiary/aromatic N) is 3. The molecule has 40 heavy (non-hydrogen) atoms. The average Bonchev–Trinajstić information content (AvgIpc) is 3.36. The van der Waals surface area contributed by atoms with Gasteiger partial charge in [-0.1, -0.05) is 68.2 Å². The molecule has 0 radical (unpaired) electrons. The molecule has 2 aromatic carbocycles. The summed E-state index contributed by atoms with van der Waals surface area (Å²) in [5, 5.41) is 4.12. The van der Waals surface area contributed by atoms with Crippen LogP contribution in [-0.4, -0.2) is 42.5 Å². The molecule has 1 fully saturated rings. The Labute approximate surface area is 234 Å². The lowest BCUT2D eigenvalue weighted by Gasteiger charge is -2.28. The van der Waals surface area contributed by atoms with Crippen molar-refractivity contribution in [2.75, 3.05) is 13.7 Å². The number of hydrogen-bond acceptors (Lipinski definition) is 5. The van der Waals surface area contributed by atoms with Gasteiger partial charge < -0.3 is 9.47 Å². The number of carbonyl (C=O) groups is 1. The SMILES string of the molecule is COC(=O)CC1CCC(c2ccc(-c3ccc(-c4nc(C(F)(F)F)n(COCC[Si](C)(C)C)n4)cc3)cc2)CC1. The lowest BCUT2D eigenvalue weighted by atomic mass is 9.77. The molecule has 1 aromatic heterocycles. The molecule has 0 N–H and O–H groups in total. The molecule has 0 spiro atoms. The van der Waals surface area contributed by atoms with Gasteiger partial charge in [0.15, 0.2) is 5.82 Å². The third-order valence-corrected chi connectivity index (χ3v) is 9.23. The van der Waals surface area contributed by atoms with Crippen molar-refractivity contribution in [2.24, 2.45) is 5.92 Å². The number of esters is 1. The Bertz CT molecular complexity index is 1260. The molecule has 1 aliphatic rings. The molecule has 0 saturated heterocycles. The number of aromatic nitrogens is 3. The first kappa shape index (κ1) is 30.0. The van der Waals surface area contributed by atoms with E-state index in [0.717, 1.165) is 47.5 Å². The molecule has 10 heteroatoms. The molecule has 0 bridgehead atoms. The van der Waals surface area contributed by atoms with Gasteiger partial charge in [-0.3, -0.25) is 4.79 Å². The second-order valence-corrected chi connectivity index (χ2v) is 17.4. The predicted molar refractivity (Wildman–Crippen MR) is 151 cm³/mol. The number of rotatable bonds is 10. The molecule has 0 atom stereocenters. The molecule has 216 valence electrons. The number of alkyl halides is 3. The van der Waals surface area contributed by atoms with E-state index in [-0.39, 0.29) is 18.5 Å². The smallest absolute Gasteiger partial charge is 0.451 e. The molecule has 4 rings (SSSR count). The van der Waals surface area contributed by atoms with Gasteiger partial charge in [-0.25, -0.2) is 9.67 Å². The van der Waals surface area contributed by atoms with Crippen LogP contribution in [0.15, 0.2) is 48.5 Å². The number of ether oxygens (including phenoxy) is 2. The Morgan fingerprint density at radius 3 is 2.08 bits per heavy atom. The Hall–Kier alpha value is -2.98. The van der Waals surface area contributed by atoms with Crippen LogP contribution in [0.1, 0.15) is 49.4 Å². The Kier molecular flexibility index (Phi) is 9.51. The van der Waals surface area contributed by atoms with E-state index in [1.807, 2.05) is 12.1 Å². The quantitative estimate of drug-likeness (QED) is 0.141. The first-order chi connectivity index (χ1) is 18.9. The highest BCUT2D eigenvalue weighted by molar-refractivity contribution is 6.76. The van der Waals surface area contributed by atoms with E-state index in [1.54, 1.807) is 12.1 Å². The molecule has 1 heterocycles. The summed E-state index contributed by atoms with van der Waals surface area (Å²) in [6, 6.07) is 16.6. The van der Waals surface area contributed by atoms with Gasteiger partial charge in [-0.15, -0.1) is 5.10 Å². The van der Waals surface area contributed by atoms with Crippen LogP contribution in [0.2, 0.25) is 25.7 Å². The van der Waals surface area contributed by atoms with Crippen LogP contribution >= 0.6 is 0 Å². The fourth-order valence-corrected chi connectivity index (χ4v) is 5.83. The summed E-state index contributed by atoms with van der Waals surface area (Å²) in [5.74, 6) is -0.295. The third kappa shape index (κ3) is 8.03. The Morgan fingerprint density at radius 1 is 0.950 bits per heavy atom. The minimum Gasteiger partial charge on any atom is -0.469 e. The van der Waals surface area contributed by atoms with Crippen molar-refractivity contribution >= 4 is 14.0 Å². The summed E-state index contributed by atoms with van der Waals surface area (Å²) in [6.07, 6.45) is 0.0195. The largest absolute Gasteiger partial charge is 0.469 e. The highest BCUT2D eigenvalue weighted by atomic mass is 28.3. The van der Waals surface area contributed by atoms with Gasteiger partial charge in [-0.05, 0) is 60.3 Å². The lowest BCUT2D eigenvalue weighted by Crippen LogP contribution is -2.23. The summed E-state index contributed by atoms with van der Waals surface area (Å²) in [5.41, 5.74) is 3.79. The molecule has 0 unspecified atom stereocenters. The van der Waals surface area contributed by atoms with Crippen LogP contribution in [0, 0.1) is 5.92 Å². The van der Waals surface area contributed by atoms with E-state index in [9.17, 15) is 18.0 Å². The van der Waals surface area contributed by atoms with Crippen LogP contribution in [0.3, 0.4) is 0 Å². The Balaban J connectivity index is 1.40. The zero-order valence-corrected chi connectivity index (χ0v) is 24.6. The number of benzene rings is 2. The van der Waals surface area contributed by atoms with Crippen molar-refractivity contribution in [1.82, 2.24) is 14.8 Å². The lowest BCUT2D eigenvalue weighted by molar-refractivity contribution is -0.150. The van der Waals surface area contributed by atoms with Gasteiger partial charge in [0.1, 0.15) is 6.73 Å². The maximum Gasteiger partial charge on any atom is 0.451 e. The van der Waals surface area contributed by atoms with Crippen molar-refractivity contribution in [3.8, 4) is 22.5 Å². The van der Waals surface area contributed by atoms with Crippen LogP contribution in [0.25, 0.3) is 22.5 Å². The van der Waals surface area contributed by atoms with Gasteiger partial charge in [0.2, 0.25) is 5.82 Å². The van der Waals surface area contributed by atoms with E-state index in [2.05, 4.69) is 54.0 Å². The van der Waals surface area contributed by atoms with Crippen molar-refractivity contribution in [1.29, 1.82) is 0 Å². The van der Waals surface area contributed by atoms with Crippen LogP contribution < -0.4 is 0 Å². The summed E-state index contributed by atoms with van der Waals surface area (Å²) >= 11 is 0. The zero-order valence-electron chi connectivity index (χ0n) is 23.6. The molecule has 0 aliphatic heterocycles. The van der Waals surface area contributed by atoms with Gasteiger partial charge in [0.25, 0.3) is 0 Å². The van der Waals surface area contributed by atoms with E-state index >= 15 is 0 Å². The molecule has 0 amide bonds. The van der Waals surface area contributed by atoms with E-state index in [4.69, 9.17) is 9.47 Å². The second kappa shape index (κ2) is 12.7. The molecule has 6 nitrogen and oxygen atoms in total. The monoisotopic (exact) mass is 573 g/mol. The number of hydrogen-bond donors (Lipinski definition) is 0. The number of carbonyl (C=O) groups excluding carboxylic acids is 1. The molecular weight excluding hydrogens is 535 g/mol. The number of halogens is 3. The minimum atomic E-state index is -4.63. The highest BCUT2D eigenvalue weighted by Gasteiger charge is 2.38. The summed E-state index contributed by atoms with van der Waals surface area (Å²) < 4.78 is 52.0. The summed E-state index contributed by atoms with van der Waals surface area (Å²) in [4.78, 5) is 15.4. The number of methoxy groups -OCH3 is 1. The van der Waals surface area contributed by atoms with Gasteiger partial charge in [-0.2, -0.15) is 13.2 Å². The normalized spacial score (nSPS) is 18.1. The van der Waals surface area contributed by atoms with Crippen LogP contribution in [-0.2, 0) is 27.2 Å². The summed E-state index contributed by atoms with van der Waals surface area (Å²) in [7, 11) is 0.0805. The van der Waals surface area contributed by atoms with Crippen LogP contribution in [0.4, 0.5) is 13.2 Å². The highest BCUT2D eigenvalue weighted by Crippen LogP contribution is 2.38. The molecule has 1 saturated carbocycles. The molecular formula is C30H38F3N3O3Si. The third-order valence-electron chi connectivity index (χ3n) is 7.52. The van der Waals surface area contributed by atoms with Crippen LogP contribution in [0.5, 0.6) is 0 Å². The first-order valence-electron chi connectivity index (χ1n) is 13.8. The summed E-state index contributed by atoms with van der Waals surface area (Å²) in [6.45, 7) is 6.66. The van der Waals surface area contributed by atoms with E-state index < -0.39 is 20.1 Å². The fraction of sp³-hybridized carbons (Fsp3) is 0.500. The topological polar surface area (TPSA) is 66.2 Å². The molecule has 1 aliphatic carbocycles. The predicted octanol–water partition coefficient (Wildman–Crippen LogP) is 7.78. The van der Waals surface area contributed by atoms with Gasteiger partial charge in [0, 0.05) is 26.7 Å². The van der Waals surface area contributed by atoms with Crippen molar-refractivity contribution in [3.05, 3.63) is 59.9 Å². The minimum absolute atomic E-state index is 0.0193. The van der Waals surface area contributed by atoms with Gasteiger partial charge in [0.05, 0.1) is 7.11 Å². The Morgan fingerprint density at radius 2 is 1.52 bits per heavy atom. The maximum absolute atomic E-state index is 13.6. The molecule has 3 aromatic rings. The van der Waals surface area contributed by atoms with Gasteiger partial charge >= 0.3 is 12.1 Å². The van der Waals surface area contributed by atoms with E-state index in [1.165, 1.54) is 12.7 Å². The maximum atomic E-state index is 13.6. The van der Waals surface area contributed by atoms with Crippen molar-refractivity contribution in [2.45, 2.75) is 76.6 Å². The average molecular weight is 574 g/mol. The van der Waals surface area contributed by atoms with E-state index in [0.29, 0.717) is 30.4 Å². The van der Waals surface area contributed by atoms with Crippen molar-refractivity contribution < 1.29 is 27.4 Å².